The van der Waals surface area contributed by atoms with Crippen LogP contribution in [0.5, 0.6) is 5.75 Å². The Kier molecular flexibility index (Phi) is 9.18. The van der Waals surface area contributed by atoms with Crippen LogP contribution in [-0.4, -0.2) is 50.7 Å². The zero-order valence-electron chi connectivity index (χ0n) is 21.0. The molecule has 0 saturated carbocycles. The summed E-state index contributed by atoms with van der Waals surface area (Å²) < 4.78 is 13.7. The molecule has 4 heterocycles. The van der Waals surface area contributed by atoms with Crippen LogP contribution in [0, 0.1) is 0 Å². The van der Waals surface area contributed by atoms with Crippen molar-refractivity contribution in [1.29, 1.82) is 0 Å². The van der Waals surface area contributed by atoms with E-state index in [0.29, 0.717) is 27.7 Å². The van der Waals surface area contributed by atoms with Crippen molar-refractivity contribution in [2.75, 3.05) is 26.3 Å². The molecular formula is C27H27Cl2IN5O2P. The van der Waals surface area contributed by atoms with E-state index in [9.17, 15) is 0 Å². The SMILES string of the molecule is C/C(=C\c1ccc(CN2CCOCC2)nc1)c1nn(PI)c2ccc(OC(C)c3c(Cl)cncc3Cl)cc12. The van der Waals surface area contributed by atoms with Crippen LogP contribution in [0.15, 0.2) is 48.9 Å². The number of hydrogen-bond acceptors (Lipinski definition) is 6. The van der Waals surface area contributed by atoms with Gasteiger partial charge in [-0.3, -0.25) is 14.9 Å². The summed E-state index contributed by atoms with van der Waals surface area (Å²) in [7, 11) is 0. The molecule has 0 amide bonds. The summed E-state index contributed by atoms with van der Waals surface area (Å²) in [6.45, 7) is 8.32. The second-order valence-electron chi connectivity index (χ2n) is 9.10. The number of aromatic nitrogens is 4. The molecule has 38 heavy (non-hydrogen) atoms. The fourth-order valence-electron chi connectivity index (χ4n) is 4.52. The van der Waals surface area contributed by atoms with Gasteiger partial charge in [0, 0.05) is 49.2 Å². The van der Waals surface area contributed by atoms with Crippen molar-refractivity contribution in [3.05, 3.63) is 81.5 Å². The van der Waals surface area contributed by atoms with Crippen LogP contribution in [0.3, 0.4) is 0 Å². The van der Waals surface area contributed by atoms with Gasteiger partial charge in [0.1, 0.15) is 11.9 Å². The molecule has 1 saturated heterocycles. The average Bonchev–Trinajstić information content (AvgIpc) is 3.28. The number of morpholine rings is 1. The van der Waals surface area contributed by atoms with E-state index >= 15 is 0 Å². The van der Waals surface area contributed by atoms with Crippen molar-refractivity contribution >= 4 is 74.2 Å². The zero-order chi connectivity index (χ0) is 26.6. The molecule has 3 aromatic heterocycles. The summed E-state index contributed by atoms with van der Waals surface area (Å²) in [6, 6.07) is 10.2. The summed E-state index contributed by atoms with van der Waals surface area (Å²) >= 11 is 15.1. The van der Waals surface area contributed by atoms with Crippen LogP contribution in [-0.2, 0) is 11.3 Å². The fraction of sp³-hybridized carbons (Fsp3) is 0.296. The van der Waals surface area contributed by atoms with Gasteiger partial charge in [0.05, 0.1) is 46.5 Å². The minimum Gasteiger partial charge on any atom is -0.486 e. The maximum Gasteiger partial charge on any atom is 0.124 e. The molecule has 0 spiro atoms. The molecule has 5 rings (SSSR count). The van der Waals surface area contributed by atoms with Crippen LogP contribution < -0.4 is 4.74 Å². The van der Waals surface area contributed by atoms with Gasteiger partial charge in [-0.2, -0.15) is 5.10 Å². The third-order valence-corrected chi connectivity index (χ3v) is 8.91. The van der Waals surface area contributed by atoms with E-state index in [1.54, 1.807) is 12.4 Å². The Labute approximate surface area is 246 Å². The lowest BCUT2D eigenvalue weighted by molar-refractivity contribution is 0.0336. The van der Waals surface area contributed by atoms with Crippen LogP contribution in [0.25, 0.3) is 22.6 Å². The van der Waals surface area contributed by atoms with E-state index in [-0.39, 0.29) is 6.10 Å². The smallest absolute Gasteiger partial charge is 0.124 e. The number of fused-ring (bicyclic) bond motifs is 1. The highest BCUT2D eigenvalue weighted by molar-refractivity contribution is 14.2. The monoisotopic (exact) mass is 681 g/mol. The van der Waals surface area contributed by atoms with Gasteiger partial charge in [0.15, 0.2) is 0 Å². The first-order chi connectivity index (χ1) is 18.4. The van der Waals surface area contributed by atoms with Gasteiger partial charge in [-0.25, -0.2) is 4.45 Å². The second kappa shape index (κ2) is 12.6. The average molecular weight is 682 g/mol. The number of benzene rings is 1. The molecule has 198 valence electrons. The standard InChI is InChI=1S/C27H27Cl2IN5O2P/c1-17(11-19-3-4-20(32-13-19)16-34-7-9-36-10-8-34)27-22-12-21(5-6-25(22)35(33-27)38-30)37-18(2)26-23(28)14-31-15-24(26)29/h3-6,11-15,18,38H,7-10,16H2,1-2H3/b17-11+. The van der Waals surface area contributed by atoms with E-state index < -0.39 is 0 Å². The zero-order valence-corrected chi connectivity index (χ0v) is 25.7. The van der Waals surface area contributed by atoms with Gasteiger partial charge in [-0.1, -0.05) is 29.3 Å². The Bertz CT molecular complexity index is 1440. The molecule has 0 N–H and O–H groups in total. The summed E-state index contributed by atoms with van der Waals surface area (Å²) in [5, 5.41) is 6.90. The van der Waals surface area contributed by atoms with E-state index in [1.807, 2.05) is 35.8 Å². The van der Waals surface area contributed by atoms with Gasteiger partial charge in [0.25, 0.3) is 0 Å². The van der Waals surface area contributed by atoms with E-state index in [1.165, 1.54) is 0 Å². The van der Waals surface area contributed by atoms with Crippen molar-refractivity contribution in [1.82, 2.24) is 24.4 Å². The fourth-order valence-corrected chi connectivity index (χ4v) is 6.72. The molecule has 1 aliphatic heterocycles. The Hall–Kier alpha value is -1.81. The Balaban J connectivity index is 1.39. The van der Waals surface area contributed by atoms with Crippen LogP contribution >= 0.6 is 51.6 Å². The predicted molar refractivity (Wildman–Crippen MR) is 165 cm³/mol. The summed E-state index contributed by atoms with van der Waals surface area (Å²) in [4.78, 5) is 11.1. The highest BCUT2D eigenvalue weighted by atomic mass is 127. The van der Waals surface area contributed by atoms with Gasteiger partial charge >= 0.3 is 0 Å². The minimum atomic E-state index is -0.348. The van der Waals surface area contributed by atoms with Gasteiger partial charge in [-0.05, 0) is 77.4 Å². The molecule has 2 unspecified atom stereocenters. The molecule has 0 radical (unpaired) electrons. The first kappa shape index (κ1) is 27.7. The first-order valence-corrected chi connectivity index (χ1v) is 17.0. The summed E-state index contributed by atoms with van der Waals surface area (Å²) in [6.07, 6.45) is 7.33. The Morgan fingerprint density at radius 2 is 1.92 bits per heavy atom. The molecule has 1 fully saturated rings. The number of hydrogen-bond donors (Lipinski definition) is 0. The quantitative estimate of drug-likeness (QED) is 0.142. The Morgan fingerprint density at radius 1 is 1.16 bits per heavy atom. The Morgan fingerprint density at radius 3 is 2.61 bits per heavy atom. The van der Waals surface area contributed by atoms with Crippen molar-refractivity contribution in [3.8, 4) is 5.75 Å². The van der Waals surface area contributed by atoms with Crippen LogP contribution in [0.1, 0.15) is 42.5 Å². The molecule has 2 atom stereocenters. The van der Waals surface area contributed by atoms with Crippen LogP contribution in [0.2, 0.25) is 10.0 Å². The molecule has 1 aromatic carbocycles. The largest absolute Gasteiger partial charge is 0.486 e. The topological polar surface area (TPSA) is 65.3 Å². The summed E-state index contributed by atoms with van der Waals surface area (Å²) in [5.74, 6) is 0.716. The number of halogens is 3. The lowest BCUT2D eigenvalue weighted by Crippen LogP contribution is -2.35. The molecule has 11 heteroatoms. The lowest BCUT2D eigenvalue weighted by Gasteiger charge is -2.26. The number of pyridine rings is 2. The van der Waals surface area contributed by atoms with Crippen molar-refractivity contribution in [2.24, 2.45) is 0 Å². The highest BCUT2D eigenvalue weighted by Gasteiger charge is 2.18. The van der Waals surface area contributed by atoms with Gasteiger partial charge in [0.2, 0.25) is 0 Å². The second-order valence-corrected chi connectivity index (χ2v) is 12.0. The molecule has 4 aromatic rings. The molecule has 1 aliphatic rings. The van der Waals surface area contributed by atoms with Gasteiger partial charge < -0.3 is 9.47 Å². The van der Waals surface area contributed by atoms with E-state index in [2.05, 4.69) is 57.1 Å². The predicted octanol–water partition coefficient (Wildman–Crippen LogP) is 7.46. The van der Waals surface area contributed by atoms with Crippen LogP contribution in [0.4, 0.5) is 0 Å². The molecule has 7 nitrogen and oxygen atoms in total. The van der Waals surface area contributed by atoms with Crippen molar-refractivity contribution in [3.63, 3.8) is 0 Å². The minimum absolute atomic E-state index is 0.348. The lowest BCUT2D eigenvalue weighted by atomic mass is 10.1. The van der Waals surface area contributed by atoms with Gasteiger partial charge in [-0.15, -0.1) is 0 Å². The maximum absolute atomic E-state index is 6.35. The van der Waals surface area contributed by atoms with Crippen molar-refractivity contribution in [2.45, 2.75) is 26.5 Å². The maximum atomic E-state index is 6.35. The number of nitrogens with zero attached hydrogens (tertiary/aromatic N) is 5. The number of ether oxygens (including phenoxy) is 2. The summed E-state index contributed by atoms with van der Waals surface area (Å²) in [5.41, 5.74) is 5.84. The highest BCUT2D eigenvalue weighted by Crippen LogP contribution is 2.37. The number of rotatable bonds is 8. The molecular weight excluding hydrogens is 655 g/mol. The third-order valence-electron chi connectivity index (χ3n) is 6.43. The van der Waals surface area contributed by atoms with E-state index in [4.69, 9.17) is 42.8 Å². The first-order valence-electron chi connectivity index (χ1n) is 12.2. The third kappa shape index (κ3) is 6.32. The number of allylic oxidation sites excluding steroid dienone is 1. The normalized spacial score (nSPS) is 16.0. The molecule has 0 aliphatic carbocycles. The van der Waals surface area contributed by atoms with Crippen molar-refractivity contribution < 1.29 is 9.47 Å². The van der Waals surface area contributed by atoms with E-state index in [0.717, 1.165) is 66.3 Å². The molecule has 0 bridgehead atoms.